The summed E-state index contributed by atoms with van der Waals surface area (Å²) in [5.74, 6) is 0.657. The second-order valence-electron chi connectivity index (χ2n) is 7.12. The quantitative estimate of drug-likeness (QED) is 0.530. The largest absolute Gasteiger partial charge is 0.426 e. The lowest BCUT2D eigenvalue weighted by Crippen LogP contribution is -2.06. The number of pyridine rings is 1. The van der Waals surface area contributed by atoms with Crippen LogP contribution in [0.2, 0.25) is 0 Å². The number of hydrogen-bond acceptors (Lipinski definition) is 3. The van der Waals surface area contributed by atoms with Gasteiger partial charge < -0.3 is 5.32 Å². The van der Waals surface area contributed by atoms with E-state index in [1.165, 1.54) is 11.1 Å². The molecule has 1 aliphatic rings. The molecule has 1 aromatic carbocycles. The van der Waals surface area contributed by atoms with E-state index in [1.807, 2.05) is 31.2 Å². The number of benzene rings is 1. The number of aryl methyl sites for hydroxylation is 2. The summed E-state index contributed by atoms with van der Waals surface area (Å²) in [7, 11) is 0. The minimum absolute atomic E-state index is 0.338. The van der Waals surface area contributed by atoms with Gasteiger partial charge in [-0.25, -0.2) is 4.98 Å². The van der Waals surface area contributed by atoms with Crippen molar-refractivity contribution in [3.05, 3.63) is 69.0 Å². The molecule has 0 saturated heterocycles. The highest BCUT2D eigenvalue weighted by Gasteiger charge is 2.38. The van der Waals surface area contributed by atoms with E-state index in [2.05, 4.69) is 10.3 Å². The van der Waals surface area contributed by atoms with Crippen molar-refractivity contribution in [2.45, 2.75) is 45.3 Å². The van der Waals surface area contributed by atoms with Crippen molar-refractivity contribution < 1.29 is 13.2 Å². The van der Waals surface area contributed by atoms with E-state index in [0.717, 1.165) is 41.0 Å². The van der Waals surface area contributed by atoms with Gasteiger partial charge in [0.1, 0.15) is 10.7 Å². The average Bonchev–Trinajstić information content (AvgIpc) is 3.08. The van der Waals surface area contributed by atoms with Crippen LogP contribution in [0, 0.1) is 6.92 Å². The van der Waals surface area contributed by atoms with Crippen LogP contribution in [0.4, 0.5) is 19.0 Å². The molecule has 2 heterocycles. The van der Waals surface area contributed by atoms with E-state index in [0.29, 0.717) is 29.9 Å². The molecule has 28 heavy (non-hydrogen) atoms. The van der Waals surface area contributed by atoms with E-state index in [-0.39, 0.29) is 0 Å². The molecule has 1 aliphatic carbocycles. The number of rotatable bonds is 4. The summed E-state index contributed by atoms with van der Waals surface area (Å²) in [5.41, 5.74) is 4.11. The van der Waals surface area contributed by atoms with E-state index < -0.39 is 11.1 Å². The van der Waals surface area contributed by atoms with Crippen LogP contribution in [-0.4, -0.2) is 4.98 Å². The van der Waals surface area contributed by atoms with Crippen LogP contribution in [0.15, 0.2) is 42.6 Å². The third-order valence-electron chi connectivity index (χ3n) is 5.20. The number of nitrogens with zero attached hydrogens (tertiary/aromatic N) is 1. The van der Waals surface area contributed by atoms with E-state index in [4.69, 9.17) is 0 Å². The third-order valence-corrected chi connectivity index (χ3v) is 6.54. The maximum Gasteiger partial charge on any atom is 0.426 e. The molecule has 0 atom stereocenters. The number of nitrogens with one attached hydrogen (secondary N) is 1. The lowest BCUT2D eigenvalue weighted by Gasteiger charge is -2.14. The molecule has 1 N–H and O–H groups in total. The van der Waals surface area contributed by atoms with Crippen LogP contribution in [0.5, 0.6) is 0 Å². The molecule has 2 aromatic heterocycles. The number of halogens is 3. The molecule has 0 unspecified atom stereocenters. The second kappa shape index (κ2) is 7.59. The van der Waals surface area contributed by atoms with E-state index >= 15 is 0 Å². The first kappa shape index (κ1) is 19.0. The van der Waals surface area contributed by atoms with Crippen molar-refractivity contribution in [3.63, 3.8) is 0 Å². The Morgan fingerprint density at radius 1 is 1.07 bits per heavy atom. The predicted molar refractivity (Wildman–Crippen MR) is 108 cm³/mol. The van der Waals surface area contributed by atoms with Gasteiger partial charge in [0.2, 0.25) is 0 Å². The fourth-order valence-corrected chi connectivity index (χ4v) is 4.99. The minimum atomic E-state index is -4.33. The topological polar surface area (TPSA) is 24.9 Å². The fourth-order valence-electron chi connectivity index (χ4n) is 3.71. The Morgan fingerprint density at radius 2 is 1.86 bits per heavy atom. The first-order chi connectivity index (χ1) is 13.4. The molecule has 146 valence electrons. The van der Waals surface area contributed by atoms with Crippen LogP contribution in [0.1, 0.15) is 39.3 Å². The highest BCUT2D eigenvalue weighted by molar-refractivity contribution is 7.12. The molecule has 3 aromatic rings. The lowest BCUT2D eigenvalue weighted by molar-refractivity contribution is -0.133. The fraction of sp³-hybridized carbons (Fsp3) is 0.318. The molecule has 6 heteroatoms. The molecule has 0 amide bonds. The van der Waals surface area contributed by atoms with E-state index in [1.54, 1.807) is 18.3 Å². The van der Waals surface area contributed by atoms with Crippen LogP contribution < -0.4 is 5.32 Å². The zero-order chi connectivity index (χ0) is 19.7. The molecule has 0 bridgehead atoms. The minimum Gasteiger partial charge on any atom is -0.366 e. The summed E-state index contributed by atoms with van der Waals surface area (Å²) in [4.78, 5) is 4.78. The SMILES string of the molecule is Cc1ccccc1CNc1ccc(-c2c(C(F)(F)F)sc3c2CCCC3)cn1. The summed E-state index contributed by atoms with van der Waals surface area (Å²) in [5, 5.41) is 3.25. The highest BCUT2D eigenvalue weighted by Crippen LogP contribution is 2.47. The monoisotopic (exact) mass is 402 g/mol. The lowest BCUT2D eigenvalue weighted by atomic mass is 9.92. The van der Waals surface area contributed by atoms with Crippen molar-refractivity contribution in [1.29, 1.82) is 0 Å². The highest BCUT2D eigenvalue weighted by atomic mass is 32.1. The van der Waals surface area contributed by atoms with Crippen LogP contribution in [-0.2, 0) is 25.6 Å². The van der Waals surface area contributed by atoms with Crippen molar-refractivity contribution in [2.75, 3.05) is 5.32 Å². The van der Waals surface area contributed by atoms with Gasteiger partial charge in [-0.15, -0.1) is 11.3 Å². The van der Waals surface area contributed by atoms with Gasteiger partial charge in [-0.3, -0.25) is 0 Å². The Labute approximate surface area is 166 Å². The van der Waals surface area contributed by atoms with Gasteiger partial charge in [0.05, 0.1) is 0 Å². The Morgan fingerprint density at radius 3 is 2.57 bits per heavy atom. The Hall–Kier alpha value is -2.34. The van der Waals surface area contributed by atoms with Crippen LogP contribution >= 0.6 is 11.3 Å². The van der Waals surface area contributed by atoms with Crippen molar-refractivity contribution >= 4 is 17.2 Å². The van der Waals surface area contributed by atoms with Gasteiger partial charge in [0, 0.05) is 28.7 Å². The smallest absolute Gasteiger partial charge is 0.366 e. The second-order valence-corrected chi connectivity index (χ2v) is 8.23. The van der Waals surface area contributed by atoms with Crippen molar-refractivity contribution in [1.82, 2.24) is 4.98 Å². The first-order valence-corrected chi connectivity index (χ1v) is 10.2. The van der Waals surface area contributed by atoms with Crippen LogP contribution in [0.25, 0.3) is 11.1 Å². The molecule has 0 radical (unpaired) electrons. The zero-order valence-electron chi connectivity index (χ0n) is 15.6. The van der Waals surface area contributed by atoms with Gasteiger partial charge in [-0.2, -0.15) is 13.2 Å². The standard InChI is InChI=1S/C22H21F3N2S/c1-14-6-2-3-7-15(14)12-26-19-11-10-16(13-27-19)20-17-8-4-5-9-18(17)28-21(20)22(23,24)25/h2-3,6-7,10-11,13H,4-5,8-9,12H2,1H3,(H,26,27). The number of aromatic nitrogens is 1. The summed E-state index contributed by atoms with van der Waals surface area (Å²) >= 11 is 0.909. The number of hydrogen-bond donors (Lipinski definition) is 1. The van der Waals surface area contributed by atoms with Crippen LogP contribution in [0.3, 0.4) is 0 Å². The normalized spacial score (nSPS) is 14.0. The van der Waals surface area contributed by atoms with Gasteiger partial charge in [-0.05, 0) is 61.4 Å². The molecular weight excluding hydrogens is 381 g/mol. The molecular formula is C22H21F3N2S. The predicted octanol–water partition coefficient (Wildman–Crippen LogP) is 6.63. The molecule has 0 saturated carbocycles. The zero-order valence-corrected chi connectivity index (χ0v) is 16.4. The van der Waals surface area contributed by atoms with Crippen molar-refractivity contribution in [2.24, 2.45) is 0 Å². The number of anilines is 1. The number of alkyl halides is 3. The first-order valence-electron chi connectivity index (χ1n) is 9.40. The molecule has 0 aliphatic heterocycles. The Balaban J connectivity index is 1.61. The maximum absolute atomic E-state index is 13.6. The van der Waals surface area contributed by atoms with Gasteiger partial charge >= 0.3 is 6.18 Å². The Kier molecular flexibility index (Phi) is 5.15. The maximum atomic E-state index is 13.6. The summed E-state index contributed by atoms with van der Waals surface area (Å²) in [6.07, 6.45) is 0.588. The Bertz CT molecular complexity index is 974. The van der Waals surface area contributed by atoms with Gasteiger partial charge in [0.15, 0.2) is 0 Å². The number of fused-ring (bicyclic) bond motifs is 1. The van der Waals surface area contributed by atoms with Gasteiger partial charge in [-0.1, -0.05) is 24.3 Å². The summed E-state index contributed by atoms with van der Waals surface area (Å²) < 4.78 is 40.9. The van der Waals surface area contributed by atoms with E-state index in [9.17, 15) is 13.2 Å². The average molecular weight is 402 g/mol. The molecule has 4 rings (SSSR count). The third kappa shape index (κ3) is 3.78. The molecule has 0 fully saturated rings. The molecule has 0 spiro atoms. The van der Waals surface area contributed by atoms with Crippen molar-refractivity contribution in [3.8, 4) is 11.1 Å². The number of thiophene rings is 1. The summed E-state index contributed by atoms with van der Waals surface area (Å²) in [6, 6.07) is 11.6. The summed E-state index contributed by atoms with van der Waals surface area (Å²) in [6.45, 7) is 2.67. The molecule has 2 nitrogen and oxygen atoms in total. The van der Waals surface area contributed by atoms with Gasteiger partial charge in [0.25, 0.3) is 0 Å².